The molecule has 1 aromatic heterocycles. The fraction of sp³-hybridized carbons (Fsp3) is 0. The number of amides is 1. The topological polar surface area (TPSA) is 59.8 Å². The van der Waals surface area contributed by atoms with Gasteiger partial charge in [0.2, 0.25) is 5.82 Å². The molecule has 3 rings (SSSR count). The van der Waals surface area contributed by atoms with Crippen molar-refractivity contribution in [2.45, 2.75) is 0 Å². The summed E-state index contributed by atoms with van der Waals surface area (Å²) in [7, 11) is 0. The predicted octanol–water partition coefficient (Wildman–Crippen LogP) is 3.45. The van der Waals surface area contributed by atoms with Crippen LogP contribution < -0.4 is 5.32 Å². The van der Waals surface area contributed by atoms with Gasteiger partial charge in [0.1, 0.15) is 18.0 Å². The van der Waals surface area contributed by atoms with Crippen molar-refractivity contribution in [2.24, 2.45) is 0 Å². The largest absolute Gasteiger partial charge is 0.317 e. The summed E-state index contributed by atoms with van der Waals surface area (Å²) in [6.07, 6.45) is 1.35. The van der Waals surface area contributed by atoms with E-state index < -0.39 is 17.5 Å². The monoisotopic (exact) mass is 334 g/mol. The van der Waals surface area contributed by atoms with Crippen LogP contribution in [0.2, 0.25) is 5.02 Å². The van der Waals surface area contributed by atoms with Gasteiger partial charge in [0, 0.05) is 11.1 Å². The van der Waals surface area contributed by atoms with E-state index in [1.165, 1.54) is 11.0 Å². The molecule has 0 atom stereocenters. The third-order valence-electron chi connectivity index (χ3n) is 2.97. The summed E-state index contributed by atoms with van der Waals surface area (Å²) in [5.74, 6) is -2.46. The first-order valence-electron chi connectivity index (χ1n) is 6.47. The fourth-order valence-corrected chi connectivity index (χ4v) is 1.98. The zero-order chi connectivity index (χ0) is 16.4. The van der Waals surface area contributed by atoms with Crippen molar-refractivity contribution in [1.29, 1.82) is 0 Å². The summed E-state index contributed by atoms with van der Waals surface area (Å²) >= 11 is 5.80. The van der Waals surface area contributed by atoms with E-state index in [-0.39, 0.29) is 11.5 Å². The van der Waals surface area contributed by atoms with Crippen molar-refractivity contribution >= 4 is 23.2 Å². The van der Waals surface area contributed by atoms with E-state index >= 15 is 0 Å². The number of nitrogens with one attached hydrogen (secondary N) is 1. The van der Waals surface area contributed by atoms with Gasteiger partial charge < -0.3 is 5.32 Å². The highest BCUT2D eigenvalue weighted by molar-refractivity contribution is 6.30. The molecule has 0 saturated carbocycles. The lowest BCUT2D eigenvalue weighted by molar-refractivity contribution is 0.101. The van der Waals surface area contributed by atoms with Crippen molar-refractivity contribution in [3.8, 4) is 5.69 Å². The van der Waals surface area contributed by atoms with E-state index in [0.717, 1.165) is 12.1 Å². The summed E-state index contributed by atoms with van der Waals surface area (Å²) < 4.78 is 27.7. The zero-order valence-electron chi connectivity index (χ0n) is 11.5. The van der Waals surface area contributed by atoms with Gasteiger partial charge in [-0.05, 0) is 36.4 Å². The molecule has 23 heavy (non-hydrogen) atoms. The van der Waals surface area contributed by atoms with Crippen LogP contribution in [-0.2, 0) is 0 Å². The van der Waals surface area contributed by atoms with Gasteiger partial charge in [-0.3, -0.25) is 4.79 Å². The van der Waals surface area contributed by atoms with Gasteiger partial charge in [-0.15, -0.1) is 5.10 Å². The van der Waals surface area contributed by atoms with Gasteiger partial charge in [0.25, 0.3) is 5.91 Å². The first-order valence-corrected chi connectivity index (χ1v) is 6.85. The first kappa shape index (κ1) is 15.1. The summed E-state index contributed by atoms with van der Waals surface area (Å²) in [4.78, 5) is 15.9. The summed E-state index contributed by atoms with van der Waals surface area (Å²) in [5, 5.41) is 6.86. The van der Waals surface area contributed by atoms with Crippen molar-refractivity contribution < 1.29 is 13.6 Å². The molecule has 0 unspecified atom stereocenters. The number of rotatable bonds is 3. The van der Waals surface area contributed by atoms with Crippen LogP contribution in [0.5, 0.6) is 0 Å². The Morgan fingerprint density at radius 2 is 1.87 bits per heavy atom. The average Bonchev–Trinajstić information content (AvgIpc) is 3.01. The molecule has 116 valence electrons. The second kappa shape index (κ2) is 6.13. The maximum absolute atomic E-state index is 13.5. The van der Waals surface area contributed by atoms with Gasteiger partial charge >= 0.3 is 0 Å². The first-order chi connectivity index (χ1) is 11.0. The molecule has 0 aliphatic carbocycles. The van der Waals surface area contributed by atoms with E-state index in [2.05, 4.69) is 15.4 Å². The number of hydrogen-bond donors (Lipinski definition) is 1. The van der Waals surface area contributed by atoms with Crippen LogP contribution in [0.4, 0.5) is 14.5 Å². The van der Waals surface area contributed by atoms with Crippen molar-refractivity contribution in [2.75, 3.05) is 5.32 Å². The fourth-order valence-electron chi connectivity index (χ4n) is 1.85. The third kappa shape index (κ3) is 3.35. The molecule has 3 aromatic rings. The Morgan fingerprint density at radius 1 is 1.13 bits per heavy atom. The predicted molar refractivity (Wildman–Crippen MR) is 80.7 cm³/mol. The number of carbonyl (C=O) groups excluding carboxylic acids is 1. The molecular weight excluding hydrogens is 326 g/mol. The zero-order valence-corrected chi connectivity index (χ0v) is 12.3. The molecule has 0 radical (unpaired) electrons. The second-order valence-corrected chi connectivity index (χ2v) is 5.00. The third-order valence-corrected chi connectivity index (χ3v) is 3.22. The lowest BCUT2D eigenvalue weighted by Crippen LogP contribution is -2.15. The summed E-state index contributed by atoms with van der Waals surface area (Å²) in [6.45, 7) is 0. The molecule has 0 aliphatic heterocycles. The van der Waals surface area contributed by atoms with Crippen LogP contribution in [0, 0.1) is 11.6 Å². The van der Waals surface area contributed by atoms with Crippen LogP contribution in [0.15, 0.2) is 48.8 Å². The van der Waals surface area contributed by atoms with Crippen LogP contribution in [0.25, 0.3) is 5.69 Å². The Hall–Kier alpha value is -2.80. The normalized spacial score (nSPS) is 10.6. The molecule has 1 heterocycles. The molecule has 0 saturated heterocycles. The molecule has 0 aliphatic rings. The quantitative estimate of drug-likeness (QED) is 0.798. The number of anilines is 1. The van der Waals surface area contributed by atoms with E-state index in [1.807, 2.05) is 0 Å². The highest BCUT2D eigenvalue weighted by Gasteiger charge is 2.14. The molecule has 8 heteroatoms. The Kier molecular flexibility index (Phi) is 4.03. The standard InChI is InChI=1S/C15H9ClF2N4O/c16-9-1-4-11(5-2-9)22-8-19-14(21-22)15(23)20-13-6-3-10(17)7-12(13)18/h1-8H,(H,20,23). The minimum Gasteiger partial charge on any atom is -0.317 e. The highest BCUT2D eigenvalue weighted by Crippen LogP contribution is 2.16. The number of nitrogens with zero attached hydrogens (tertiary/aromatic N) is 3. The van der Waals surface area contributed by atoms with E-state index in [1.54, 1.807) is 24.3 Å². The lowest BCUT2D eigenvalue weighted by atomic mass is 10.3. The maximum Gasteiger partial charge on any atom is 0.295 e. The molecule has 2 aromatic carbocycles. The Morgan fingerprint density at radius 3 is 2.57 bits per heavy atom. The van der Waals surface area contributed by atoms with E-state index in [0.29, 0.717) is 16.8 Å². The molecular formula is C15H9ClF2N4O. The summed E-state index contributed by atoms with van der Waals surface area (Å²) in [6, 6.07) is 9.60. The van der Waals surface area contributed by atoms with Gasteiger partial charge in [0.05, 0.1) is 11.4 Å². The minimum atomic E-state index is -0.879. The van der Waals surface area contributed by atoms with Gasteiger partial charge in [-0.2, -0.15) is 0 Å². The summed E-state index contributed by atoms with van der Waals surface area (Å²) in [5.41, 5.74) is 0.508. The minimum absolute atomic E-state index is 0.149. The van der Waals surface area contributed by atoms with E-state index in [4.69, 9.17) is 11.6 Å². The molecule has 0 fully saturated rings. The van der Waals surface area contributed by atoms with Crippen LogP contribution >= 0.6 is 11.6 Å². The second-order valence-electron chi connectivity index (χ2n) is 4.57. The van der Waals surface area contributed by atoms with E-state index in [9.17, 15) is 13.6 Å². The average molecular weight is 335 g/mol. The molecule has 5 nitrogen and oxygen atoms in total. The molecule has 1 N–H and O–H groups in total. The lowest BCUT2D eigenvalue weighted by Gasteiger charge is -2.04. The van der Waals surface area contributed by atoms with Crippen molar-refractivity contribution in [3.05, 3.63) is 71.3 Å². The number of halogens is 3. The Bertz CT molecular complexity index is 864. The molecule has 0 bridgehead atoms. The number of carbonyl (C=O) groups is 1. The van der Waals surface area contributed by atoms with Gasteiger partial charge in [0.15, 0.2) is 0 Å². The SMILES string of the molecule is O=C(Nc1ccc(F)cc1F)c1ncn(-c2ccc(Cl)cc2)n1. The molecule has 1 amide bonds. The maximum atomic E-state index is 13.5. The van der Waals surface area contributed by atoms with Crippen LogP contribution in [-0.4, -0.2) is 20.7 Å². The van der Waals surface area contributed by atoms with Crippen LogP contribution in [0.1, 0.15) is 10.6 Å². The van der Waals surface area contributed by atoms with Crippen LogP contribution in [0.3, 0.4) is 0 Å². The smallest absolute Gasteiger partial charge is 0.295 e. The Labute approximate surface area is 134 Å². The van der Waals surface area contributed by atoms with Crippen molar-refractivity contribution in [1.82, 2.24) is 14.8 Å². The number of hydrogen-bond acceptors (Lipinski definition) is 3. The number of aromatic nitrogens is 3. The Balaban J connectivity index is 1.79. The van der Waals surface area contributed by atoms with Gasteiger partial charge in [-0.25, -0.2) is 18.4 Å². The molecule has 0 spiro atoms. The number of benzene rings is 2. The van der Waals surface area contributed by atoms with Gasteiger partial charge in [-0.1, -0.05) is 11.6 Å². The van der Waals surface area contributed by atoms with Crippen molar-refractivity contribution in [3.63, 3.8) is 0 Å². The highest BCUT2D eigenvalue weighted by atomic mass is 35.5.